The number of nitrogens with zero attached hydrogens (tertiary/aromatic N) is 2. The fourth-order valence-corrected chi connectivity index (χ4v) is 1.62. The van der Waals surface area contributed by atoms with E-state index < -0.39 is 0 Å². The van der Waals surface area contributed by atoms with Crippen molar-refractivity contribution in [2.45, 2.75) is 45.8 Å². The van der Waals surface area contributed by atoms with Crippen LogP contribution in [0, 0.1) is 0 Å². The van der Waals surface area contributed by atoms with Crippen LogP contribution in [-0.4, -0.2) is 21.0 Å². The molecule has 0 amide bonds. The van der Waals surface area contributed by atoms with E-state index in [1.165, 1.54) is 0 Å². The van der Waals surface area contributed by atoms with Crippen molar-refractivity contribution in [1.29, 1.82) is 0 Å². The Hall–Kier alpha value is -0.540. The Balaban J connectivity index is 2.67. The number of aromatic nitrogens is 2. The number of hydrogen-bond acceptors (Lipinski definition) is 2. The van der Waals surface area contributed by atoms with Crippen LogP contribution in [0.3, 0.4) is 0 Å². The molecule has 4 heteroatoms. The van der Waals surface area contributed by atoms with Crippen molar-refractivity contribution in [3.63, 3.8) is 0 Å². The largest absolute Gasteiger partial charge is 0.393 e. The van der Waals surface area contributed by atoms with Crippen molar-refractivity contribution in [1.82, 2.24) is 9.78 Å². The highest BCUT2D eigenvalue weighted by Gasteiger charge is 2.09. The molecule has 3 nitrogen and oxygen atoms in total. The van der Waals surface area contributed by atoms with E-state index in [4.69, 9.17) is 11.6 Å². The normalized spacial score (nSPS) is 13.1. The highest BCUT2D eigenvalue weighted by Crippen LogP contribution is 2.17. The fraction of sp³-hybridized carbons (Fsp3) is 0.700. The molecule has 1 aromatic heterocycles. The van der Waals surface area contributed by atoms with Crippen LogP contribution in [0.2, 0.25) is 5.02 Å². The van der Waals surface area contributed by atoms with E-state index >= 15 is 0 Å². The highest BCUT2D eigenvalue weighted by molar-refractivity contribution is 6.31. The van der Waals surface area contributed by atoms with Crippen LogP contribution in [0.4, 0.5) is 0 Å². The predicted octanol–water partition coefficient (Wildman–Crippen LogP) is 2.26. The van der Waals surface area contributed by atoms with E-state index in [-0.39, 0.29) is 6.10 Å². The second-order valence-electron chi connectivity index (χ2n) is 3.55. The van der Waals surface area contributed by atoms with Crippen LogP contribution in [0.25, 0.3) is 0 Å². The summed E-state index contributed by atoms with van der Waals surface area (Å²) >= 11 is 6.00. The number of aliphatic hydroxyl groups is 1. The van der Waals surface area contributed by atoms with Crippen LogP contribution in [0.1, 0.15) is 32.4 Å². The van der Waals surface area contributed by atoms with Gasteiger partial charge in [-0.05, 0) is 26.2 Å². The monoisotopic (exact) mass is 216 g/mol. The summed E-state index contributed by atoms with van der Waals surface area (Å²) in [5, 5.41) is 14.1. The van der Waals surface area contributed by atoms with Crippen LogP contribution in [-0.2, 0) is 13.0 Å². The summed E-state index contributed by atoms with van der Waals surface area (Å²) in [5.74, 6) is 0. The summed E-state index contributed by atoms with van der Waals surface area (Å²) in [4.78, 5) is 0. The Morgan fingerprint density at radius 2 is 2.36 bits per heavy atom. The lowest BCUT2D eigenvalue weighted by Gasteiger charge is -2.07. The zero-order valence-electron chi connectivity index (χ0n) is 8.70. The maximum absolute atomic E-state index is 9.19. The van der Waals surface area contributed by atoms with Gasteiger partial charge >= 0.3 is 0 Å². The van der Waals surface area contributed by atoms with Gasteiger partial charge in [-0.1, -0.05) is 18.5 Å². The zero-order valence-corrected chi connectivity index (χ0v) is 9.46. The van der Waals surface area contributed by atoms with Gasteiger partial charge in [0.2, 0.25) is 0 Å². The van der Waals surface area contributed by atoms with Gasteiger partial charge in [-0.25, -0.2) is 0 Å². The van der Waals surface area contributed by atoms with Crippen LogP contribution >= 0.6 is 11.6 Å². The van der Waals surface area contributed by atoms with Gasteiger partial charge < -0.3 is 5.11 Å². The quantitative estimate of drug-likeness (QED) is 0.820. The second-order valence-corrected chi connectivity index (χ2v) is 3.96. The molecule has 0 bridgehead atoms. The highest BCUT2D eigenvalue weighted by atomic mass is 35.5. The number of aryl methyl sites for hydroxylation is 1. The van der Waals surface area contributed by atoms with Gasteiger partial charge in [0.1, 0.15) is 0 Å². The summed E-state index contributed by atoms with van der Waals surface area (Å²) in [6.45, 7) is 4.78. The molecule has 0 aliphatic heterocycles. The summed E-state index contributed by atoms with van der Waals surface area (Å²) < 4.78 is 1.92. The van der Waals surface area contributed by atoms with Gasteiger partial charge in [-0.15, -0.1) is 0 Å². The first-order chi connectivity index (χ1) is 6.65. The third-order valence-corrected chi connectivity index (χ3v) is 2.45. The molecule has 1 atom stereocenters. The topological polar surface area (TPSA) is 38.0 Å². The molecule has 1 N–H and O–H groups in total. The molecule has 1 aromatic rings. The molecule has 0 aliphatic rings. The average Bonchev–Trinajstić information content (AvgIpc) is 2.45. The Morgan fingerprint density at radius 3 is 2.93 bits per heavy atom. The number of halogens is 1. The van der Waals surface area contributed by atoms with Crippen molar-refractivity contribution in [3.8, 4) is 0 Å². The minimum absolute atomic E-state index is 0.281. The molecule has 1 unspecified atom stereocenters. The number of hydrogen-bond donors (Lipinski definition) is 1. The summed E-state index contributed by atoms with van der Waals surface area (Å²) in [7, 11) is 0. The van der Waals surface area contributed by atoms with Gasteiger partial charge in [0, 0.05) is 6.54 Å². The molecule has 14 heavy (non-hydrogen) atoms. The SMILES string of the molecule is CCCn1ncc(Cl)c1CCC(C)O. The molecule has 0 aromatic carbocycles. The van der Waals surface area contributed by atoms with Crippen molar-refractivity contribution < 1.29 is 5.11 Å². The van der Waals surface area contributed by atoms with Crippen LogP contribution < -0.4 is 0 Å². The molecule has 0 saturated heterocycles. The Labute approximate surface area is 89.7 Å². The molecule has 0 radical (unpaired) electrons. The third-order valence-electron chi connectivity index (χ3n) is 2.13. The van der Waals surface area contributed by atoms with E-state index in [2.05, 4.69) is 12.0 Å². The van der Waals surface area contributed by atoms with Crippen LogP contribution in [0.15, 0.2) is 6.20 Å². The molecule has 80 valence electrons. The standard InChI is InChI=1S/C10H17ClN2O/c1-3-6-13-10(5-4-8(2)14)9(11)7-12-13/h7-8,14H,3-6H2,1-2H3. The zero-order chi connectivity index (χ0) is 10.6. The van der Waals surface area contributed by atoms with Crippen molar-refractivity contribution >= 4 is 11.6 Å². The lowest BCUT2D eigenvalue weighted by Crippen LogP contribution is -2.08. The maximum atomic E-state index is 9.19. The molecule has 0 spiro atoms. The maximum Gasteiger partial charge on any atom is 0.0817 e. The molecular weight excluding hydrogens is 200 g/mol. The lowest BCUT2D eigenvalue weighted by molar-refractivity contribution is 0.184. The van der Waals surface area contributed by atoms with Crippen LogP contribution in [0.5, 0.6) is 0 Å². The molecule has 0 aliphatic carbocycles. The van der Waals surface area contributed by atoms with Crippen molar-refractivity contribution in [2.24, 2.45) is 0 Å². The van der Waals surface area contributed by atoms with Gasteiger partial charge in [-0.3, -0.25) is 4.68 Å². The first kappa shape index (κ1) is 11.5. The smallest absolute Gasteiger partial charge is 0.0817 e. The van der Waals surface area contributed by atoms with E-state index in [0.717, 1.165) is 31.5 Å². The second kappa shape index (κ2) is 5.37. The van der Waals surface area contributed by atoms with E-state index in [9.17, 15) is 5.11 Å². The van der Waals surface area contributed by atoms with Gasteiger partial charge in [0.25, 0.3) is 0 Å². The molecule has 1 heterocycles. The fourth-order valence-electron chi connectivity index (χ4n) is 1.39. The first-order valence-corrected chi connectivity index (χ1v) is 5.41. The summed E-state index contributed by atoms with van der Waals surface area (Å²) in [5.41, 5.74) is 1.04. The first-order valence-electron chi connectivity index (χ1n) is 5.03. The number of rotatable bonds is 5. The third kappa shape index (κ3) is 3.00. The minimum atomic E-state index is -0.281. The van der Waals surface area contributed by atoms with E-state index in [1.807, 2.05) is 4.68 Å². The Kier molecular flexibility index (Phi) is 4.42. The summed E-state index contributed by atoms with van der Waals surface area (Å²) in [6, 6.07) is 0. The van der Waals surface area contributed by atoms with E-state index in [1.54, 1.807) is 13.1 Å². The molecular formula is C10H17ClN2O. The van der Waals surface area contributed by atoms with E-state index in [0.29, 0.717) is 5.02 Å². The minimum Gasteiger partial charge on any atom is -0.393 e. The molecule has 1 rings (SSSR count). The van der Waals surface area contributed by atoms with Crippen molar-refractivity contribution in [3.05, 3.63) is 16.9 Å². The molecule has 0 fully saturated rings. The van der Waals surface area contributed by atoms with Crippen molar-refractivity contribution in [2.75, 3.05) is 0 Å². The molecule has 0 saturated carbocycles. The average molecular weight is 217 g/mol. The lowest BCUT2D eigenvalue weighted by atomic mass is 10.2. The van der Waals surface area contributed by atoms with Gasteiger partial charge in [0.05, 0.1) is 23.0 Å². The number of aliphatic hydroxyl groups excluding tert-OH is 1. The van der Waals surface area contributed by atoms with Gasteiger partial charge in [0.15, 0.2) is 0 Å². The Morgan fingerprint density at radius 1 is 1.64 bits per heavy atom. The summed E-state index contributed by atoms with van der Waals surface area (Å²) in [6.07, 6.45) is 3.95. The Bertz CT molecular complexity index is 284. The predicted molar refractivity (Wildman–Crippen MR) is 57.5 cm³/mol. The van der Waals surface area contributed by atoms with Gasteiger partial charge in [-0.2, -0.15) is 5.10 Å².